The maximum absolute atomic E-state index is 12.5. The first-order chi connectivity index (χ1) is 12.3. The van der Waals surface area contributed by atoms with Crippen molar-refractivity contribution in [2.24, 2.45) is 5.73 Å². The van der Waals surface area contributed by atoms with Crippen LogP contribution >= 0.6 is 11.3 Å². The summed E-state index contributed by atoms with van der Waals surface area (Å²) in [5.74, 6) is -0.0548. The normalized spacial score (nSPS) is 11.6. The summed E-state index contributed by atoms with van der Waals surface area (Å²) in [7, 11) is -0.750. The minimum atomic E-state index is -3.64. The smallest absolute Gasteiger partial charge is 0.275 e. The average Bonchev–Trinajstić information content (AvgIpc) is 3.05. The molecule has 0 aliphatic carbocycles. The highest BCUT2D eigenvalue weighted by molar-refractivity contribution is 7.89. The molecule has 2 aromatic rings. The van der Waals surface area contributed by atoms with Crippen molar-refractivity contribution in [1.29, 1.82) is 0 Å². The molecule has 0 saturated carbocycles. The molecule has 0 spiro atoms. The first kappa shape index (κ1) is 20.3. The first-order valence-corrected chi connectivity index (χ1v) is 10.3. The Hall–Kier alpha value is -2.01. The lowest BCUT2D eigenvalue weighted by Gasteiger charge is -2.15. The van der Waals surface area contributed by atoms with Gasteiger partial charge in [-0.2, -0.15) is 0 Å². The van der Waals surface area contributed by atoms with Crippen LogP contribution in [0.25, 0.3) is 0 Å². The minimum absolute atomic E-state index is 0.0587. The number of nitrogens with two attached hydrogens (primary N) is 1. The summed E-state index contributed by atoms with van der Waals surface area (Å²) in [6.45, 7) is 2.63. The maximum atomic E-state index is 12.5. The highest BCUT2D eigenvalue weighted by Crippen LogP contribution is 2.29. The van der Waals surface area contributed by atoms with Gasteiger partial charge in [-0.1, -0.05) is 0 Å². The van der Waals surface area contributed by atoms with E-state index in [-0.39, 0.29) is 16.3 Å². The molecule has 26 heavy (non-hydrogen) atoms. The zero-order valence-electron chi connectivity index (χ0n) is 14.9. The van der Waals surface area contributed by atoms with Crippen LogP contribution in [-0.4, -0.2) is 50.9 Å². The number of aromatic nitrogens is 1. The molecule has 0 aliphatic heterocycles. The summed E-state index contributed by atoms with van der Waals surface area (Å²) in [5.41, 5.74) is 6.02. The number of hydrogen-bond donors (Lipinski definition) is 2. The topological polar surface area (TPSA) is 115 Å². The number of rotatable bonds is 8. The van der Waals surface area contributed by atoms with Gasteiger partial charge >= 0.3 is 0 Å². The van der Waals surface area contributed by atoms with Crippen molar-refractivity contribution in [3.63, 3.8) is 0 Å². The van der Waals surface area contributed by atoms with Crippen molar-refractivity contribution in [3.8, 4) is 5.75 Å². The van der Waals surface area contributed by atoms with Crippen LogP contribution in [0.1, 0.15) is 22.4 Å². The van der Waals surface area contributed by atoms with Gasteiger partial charge in [-0.3, -0.25) is 4.79 Å². The monoisotopic (exact) mass is 398 g/mol. The number of benzene rings is 1. The van der Waals surface area contributed by atoms with E-state index in [0.717, 1.165) is 9.31 Å². The van der Waals surface area contributed by atoms with Crippen LogP contribution in [0.3, 0.4) is 0 Å². The molecule has 0 radical (unpaired) electrons. The van der Waals surface area contributed by atoms with Gasteiger partial charge in [0.05, 0.1) is 22.2 Å². The predicted molar refractivity (Wildman–Crippen MR) is 101 cm³/mol. The summed E-state index contributed by atoms with van der Waals surface area (Å²) in [6.07, 6.45) is 0.596. The van der Waals surface area contributed by atoms with Gasteiger partial charge in [-0.25, -0.2) is 17.7 Å². The molecule has 0 aliphatic rings. The number of nitrogens with zero attached hydrogens (tertiary/aromatic N) is 2. The van der Waals surface area contributed by atoms with Crippen molar-refractivity contribution in [3.05, 3.63) is 34.3 Å². The number of anilines is 1. The van der Waals surface area contributed by atoms with Gasteiger partial charge in [0.15, 0.2) is 0 Å². The molecular formula is C16H22N4O4S2. The van der Waals surface area contributed by atoms with Gasteiger partial charge in [0.1, 0.15) is 11.4 Å². The van der Waals surface area contributed by atoms with Gasteiger partial charge < -0.3 is 15.8 Å². The largest absolute Gasteiger partial charge is 0.492 e. The minimum Gasteiger partial charge on any atom is -0.492 e. The second-order valence-electron chi connectivity index (χ2n) is 5.50. The number of amides is 1. The van der Waals surface area contributed by atoms with Crippen LogP contribution in [0, 0.1) is 0 Å². The second kappa shape index (κ2) is 8.58. The fourth-order valence-electron chi connectivity index (χ4n) is 2.10. The Labute approximate surface area is 157 Å². The fraction of sp³-hybridized carbons (Fsp3) is 0.375. The second-order valence-corrected chi connectivity index (χ2v) is 8.59. The van der Waals surface area contributed by atoms with Crippen molar-refractivity contribution in [2.75, 3.05) is 32.6 Å². The van der Waals surface area contributed by atoms with Crippen LogP contribution in [0.4, 0.5) is 5.69 Å². The average molecular weight is 399 g/mol. The van der Waals surface area contributed by atoms with E-state index in [1.165, 1.54) is 43.6 Å². The first-order valence-electron chi connectivity index (χ1n) is 7.94. The van der Waals surface area contributed by atoms with E-state index < -0.39 is 15.9 Å². The van der Waals surface area contributed by atoms with E-state index in [9.17, 15) is 13.2 Å². The molecule has 2 rings (SSSR count). The van der Waals surface area contributed by atoms with Crippen molar-refractivity contribution < 1.29 is 17.9 Å². The summed E-state index contributed by atoms with van der Waals surface area (Å²) in [6, 6.07) is 4.35. The van der Waals surface area contributed by atoms with Crippen molar-refractivity contribution in [2.45, 2.75) is 18.2 Å². The zero-order valence-corrected chi connectivity index (χ0v) is 16.5. The highest BCUT2D eigenvalue weighted by Gasteiger charge is 2.21. The lowest BCUT2D eigenvalue weighted by atomic mass is 10.2. The van der Waals surface area contributed by atoms with Gasteiger partial charge in [0.2, 0.25) is 10.0 Å². The Balaban J connectivity index is 2.34. The molecule has 0 saturated heterocycles. The Morgan fingerprint density at radius 3 is 2.73 bits per heavy atom. The predicted octanol–water partition coefficient (Wildman–Crippen LogP) is 1.55. The summed E-state index contributed by atoms with van der Waals surface area (Å²) in [5, 5.41) is 5.09. The van der Waals surface area contributed by atoms with Crippen LogP contribution in [0.15, 0.2) is 28.5 Å². The summed E-state index contributed by atoms with van der Waals surface area (Å²) in [4.78, 5) is 16.8. The molecular weight excluding hydrogens is 376 g/mol. The summed E-state index contributed by atoms with van der Waals surface area (Å²) >= 11 is 1.35. The SMILES string of the molecule is CCOc1ccc(S(=O)(=O)N(C)C)cc1NC(=O)c1csc(CCN)n1. The van der Waals surface area contributed by atoms with Gasteiger partial charge in [-0.05, 0) is 31.7 Å². The zero-order chi connectivity index (χ0) is 19.3. The quantitative estimate of drug-likeness (QED) is 0.697. The lowest BCUT2D eigenvalue weighted by Crippen LogP contribution is -2.22. The van der Waals surface area contributed by atoms with Gasteiger partial charge in [0.25, 0.3) is 5.91 Å². The molecule has 142 valence electrons. The third-order valence-corrected chi connectivity index (χ3v) is 6.14. The standard InChI is InChI=1S/C16H22N4O4S2/c1-4-24-14-6-5-11(26(22,23)20(2)3)9-12(14)19-16(21)13-10-25-15(18-13)7-8-17/h5-6,9-10H,4,7-8,17H2,1-3H3,(H,19,21). The molecule has 0 atom stereocenters. The van der Waals surface area contributed by atoms with Crippen molar-refractivity contribution >= 4 is 33.0 Å². The van der Waals surface area contributed by atoms with Crippen LogP contribution in [0.5, 0.6) is 5.75 Å². The molecule has 3 N–H and O–H groups in total. The van der Waals surface area contributed by atoms with E-state index in [0.29, 0.717) is 25.3 Å². The third kappa shape index (κ3) is 4.58. The molecule has 0 fully saturated rings. The molecule has 10 heteroatoms. The number of thiazole rings is 1. The maximum Gasteiger partial charge on any atom is 0.275 e. The molecule has 8 nitrogen and oxygen atoms in total. The Morgan fingerprint density at radius 1 is 1.38 bits per heavy atom. The van der Waals surface area contributed by atoms with Gasteiger partial charge in [0, 0.05) is 25.9 Å². The highest BCUT2D eigenvalue weighted by atomic mass is 32.2. The van der Waals surface area contributed by atoms with Gasteiger partial charge in [-0.15, -0.1) is 11.3 Å². The van der Waals surface area contributed by atoms with E-state index in [1.54, 1.807) is 12.3 Å². The molecule has 0 unspecified atom stereocenters. The summed E-state index contributed by atoms with van der Waals surface area (Å²) < 4.78 is 31.3. The van der Waals surface area contributed by atoms with E-state index >= 15 is 0 Å². The van der Waals surface area contributed by atoms with Crippen LogP contribution < -0.4 is 15.8 Å². The molecule has 1 aromatic carbocycles. The molecule has 1 aromatic heterocycles. The number of sulfonamides is 1. The number of hydrogen-bond acceptors (Lipinski definition) is 7. The molecule has 1 heterocycles. The van der Waals surface area contributed by atoms with Crippen molar-refractivity contribution in [1.82, 2.24) is 9.29 Å². The Kier molecular flexibility index (Phi) is 6.70. The number of carbonyl (C=O) groups is 1. The Bertz CT molecular complexity index is 878. The molecule has 0 bridgehead atoms. The number of nitrogens with one attached hydrogen (secondary N) is 1. The third-order valence-electron chi connectivity index (χ3n) is 3.42. The van der Waals surface area contributed by atoms with E-state index in [2.05, 4.69) is 10.3 Å². The van der Waals surface area contributed by atoms with Crippen LogP contribution in [-0.2, 0) is 16.4 Å². The fourth-order valence-corrected chi connectivity index (χ4v) is 3.82. The molecule has 1 amide bonds. The van der Waals surface area contributed by atoms with Crippen LogP contribution in [0.2, 0.25) is 0 Å². The number of ether oxygens (including phenoxy) is 1. The van der Waals surface area contributed by atoms with E-state index in [1.807, 2.05) is 0 Å². The Morgan fingerprint density at radius 2 is 2.12 bits per heavy atom. The lowest BCUT2D eigenvalue weighted by molar-refractivity contribution is 0.102. The number of carbonyl (C=O) groups excluding carboxylic acids is 1. The van der Waals surface area contributed by atoms with E-state index in [4.69, 9.17) is 10.5 Å².